The van der Waals surface area contributed by atoms with Crippen molar-refractivity contribution < 1.29 is 9.53 Å². The van der Waals surface area contributed by atoms with E-state index in [0.29, 0.717) is 11.6 Å². The van der Waals surface area contributed by atoms with Crippen LogP contribution in [-0.2, 0) is 9.53 Å². The summed E-state index contributed by atoms with van der Waals surface area (Å²) in [6, 6.07) is 7.54. The van der Waals surface area contributed by atoms with Crippen molar-refractivity contribution in [2.75, 3.05) is 25.6 Å². The third-order valence-corrected chi connectivity index (χ3v) is 4.94. The number of carbonyl (C=O) groups is 1. The fourth-order valence-corrected chi connectivity index (χ4v) is 3.35. The fraction of sp³-hybridized carbons (Fsp3) is 0.312. The molecule has 1 aromatic carbocycles. The van der Waals surface area contributed by atoms with Crippen LogP contribution in [0.4, 0.5) is 5.13 Å². The van der Waals surface area contributed by atoms with Gasteiger partial charge in [-0.1, -0.05) is 42.0 Å². The van der Waals surface area contributed by atoms with Crippen molar-refractivity contribution >= 4 is 39.0 Å². The second kappa shape index (κ2) is 6.78. The molecular formula is C16H17ClN4O2S. The number of hydrogen-bond donors (Lipinski definition) is 0. The Morgan fingerprint density at radius 1 is 1.42 bits per heavy atom. The van der Waals surface area contributed by atoms with Gasteiger partial charge in [-0.25, -0.2) is 9.50 Å². The smallest absolute Gasteiger partial charge is 0.310 e. The number of rotatable bonds is 5. The van der Waals surface area contributed by atoms with E-state index in [1.807, 2.05) is 49.3 Å². The first-order valence-corrected chi connectivity index (χ1v) is 8.58. The third kappa shape index (κ3) is 3.37. The molecular weight excluding hydrogens is 348 g/mol. The van der Waals surface area contributed by atoms with Gasteiger partial charge >= 0.3 is 5.97 Å². The summed E-state index contributed by atoms with van der Waals surface area (Å²) in [6.07, 6.45) is 1.89. The maximum absolute atomic E-state index is 11.5. The molecule has 126 valence electrons. The molecule has 0 fully saturated rings. The first kappa shape index (κ1) is 16.7. The van der Waals surface area contributed by atoms with Crippen molar-refractivity contribution in [3.05, 3.63) is 35.5 Å². The van der Waals surface area contributed by atoms with Gasteiger partial charge < -0.3 is 9.64 Å². The van der Waals surface area contributed by atoms with Gasteiger partial charge in [0.25, 0.3) is 0 Å². The van der Waals surface area contributed by atoms with Crippen molar-refractivity contribution in [3.63, 3.8) is 0 Å². The molecule has 1 atom stereocenters. The molecule has 3 aromatic rings. The minimum absolute atomic E-state index is 0.221. The van der Waals surface area contributed by atoms with Crippen LogP contribution >= 0.6 is 22.9 Å². The molecule has 0 aliphatic heterocycles. The highest BCUT2D eigenvalue weighted by atomic mass is 35.5. The van der Waals surface area contributed by atoms with Gasteiger partial charge in [-0.15, -0.1) is 5.10 Å². The van der Waals surface area contributed by atoms with Gasteiger partial charge in [-0.3, -0.25) is 4.79 Å². The number of methoxy groups -OCH3 is 1. The first-order chi connectivity index (χ1) is 11.5. The van der Waals surface area contributed by atoms with Crippen LogP contribution in [0.25, 0.3) is 16.2 Å². The van der Waals surface area contributed by atoms with Crippen molar-refractivity contribution in [1.82, 2.24) is 14.6 Å². The number of imidazole rings is 1. The Morgan fingerprint density at radius 2 is 2.12 bits per heavy atom. The summed E-state index contributed by atoms with van der Waals surface area (Å²) in [5, 5.41) is 6.03. The summed E-state index contributed by atoms with van der Waals surface area (Å²) >= 11 is 7.39. The van der Waals surface area contributed by atoms with Gasteiger partial charge in [0, 0.05) is 24.2 Å². The van der Waals surface area contributed by atoms with Crippen LogP contribution in [0.5, 0.6) is 0 Å². The lowest BCUT2D eigenvalue weighted by Crippen LogP contribution is -2.29. The molecule has 0 aliphatic rings. The Balaban J connectivity index is 1.79. The van der Waals surface area contributed by atoms with Crippen LogP contribution in [0.3, 0.4) is 0 Å². The van der Waals surface area contributed by atoms with Crippen molar-refractivity contribution in [3.8, 4) is 11.3 Å². The quantitative estimate of drug-likeness (QED) is 0.650. The lowest BCUT2D eigenvalue weighted by atomic mass is 10.2. The van der Waals surface area contributed by atoms with Crippen LogP contribution < -0.4 is 4.90 Å². The molecule has 0 saturated heterocycles. The van der Waals surface area contributed by atoms with E-state index in [2.05, 4.69) is 10.1 Å². The van der Waals surface area contributed by atoms with E-state index in [1.165, 1.54) is 18.4 Å². The first-order valence-electron chi connectivity index (χ1n) is 7.39. The average Bonchev–Trinajstić information content (AvgIpc) is 3.13. The number of halogens is 1. The molecule has 8 heteroatoms. The van der Waals surface area contributed by atoms with Crippen molar-refractivity contribution in [2.45, 2.75) is 6.92 Å². The van der Waals surface area contributed by atoms with Crippen LogP contribution in [0.15, 0.2) is 30.5 Å². The van der Waals surface area contributed by atoms with Crippen LogP contribution in [-0.4, -0.2) is 41.3 Å². The van der Waals surface area contributed by atoms with Crippen LogP contribution in [0.1, 0.15) is 6.92 Å². The summed E-state index contributed by atoms with van der Waals surface area (Å²) < 4.78 is 6.51. The van der Waals surface area contributed by atoms with Crippen LogP contribution in [0.2, 0.25) is 5.02 Å². The Labute approximate surface area is 148 Å². The zero-order valence-electron chi connectivity index (χ0n) is 13.6. The van der Waals surface area contributed by atoms with Crippen molar-refractivity contribution in [2.24, 2.45) is 5.92 Å². The number of nitrogens with zero attached hydrogens (tertiary/aromatic N) is 4. The normalized spacial score (nSPS) is 12.3. The lowest BCUT2D eigenvalue weighted by Gasteiger charge is -2.18. The molecule has 1 unspecified atom stereocenters. The molecule has 0 N–H and O–H groups in total. The number of ether oxygens (including phenoxy) is 1. The number of benzene rings is 1. The van der Waals surface area contributed by atoms with Gasteiger partial charge in [0.15, 0.2) is 0 Å². The monoisotopic (exact) mass is 364 g/mol. The second-order valence-corrected chi connectivity index (χ2v) is 6.92. The topological polar surface area (TPSA) is 59.7 Å². The van der Waals surface area contributed by atoms with Gasteiger partial charge in [-0.05, 0) is 12.1 Å². The SMILES string of the molecule is COC(=O)C(C)CN(C)c1nn2cc(-c3ccc(Cl)cc3)nc2s1. The third-order valence-electron chi connectivity index (χ3n) is 3.65. The second-order valence-electron chi connectivity index (χ2n) is 5.55. The largest absolute Gasteiger partial charge is 0.469 e. The number of fused-ring (bicyclic) bond motifs is 1. The van der Waals surface area contributed by atoms with E-state index in [-0.39, 0.29) is 11.9 Å². The van der Waals surface area contributed by atoms with E-state index in [9.17, 15) is 4.79 Å². The zero-order chi connectivity index (χ0) is 17.3. The van der Waals surface area contributed by atoms with E-state index >= 15 is 0 Å². The summed E-state index contributed by atoms with van der Waals surface area (Å²) in [6.45, 7) is 2.37. The summed E-state index contributed by atoms with van der Waals surface area (Å²) in [5.74, 6) is -0.450. The van der Waals surface area contributed by atoms with E-state index in [0.717, 1.165) is 21.3 Å². The highest BCUT2D eigenvalue weighted by Crippen LogP contribution is 2.27. The Kier molecular flexibility index (Phi) is 4.73. The standard InChI is InChI=1S/C16H17ClN4O2S/c1-10(14(22)23-3)8-20(2)16-19-21-9-13(18-15(21)24-16)11-4-6-12(17)7-5-11/h4-7,9-10H,8H2,1-3H3. The molecule has 0 saturated carbocycles. The maximum atomic E-state index is 11.5. The lowest BCUT2D eigenvalue weighted by molar-refractivity contribution is -0.144. The van der Waals surface area contributed by atoms with Gasteiger partial charge in [-0.2, -0.15) is 0 Å². The fourth-order valence-electron chi connectivity index (χ4n) is 2.37. The highest BCUT2D eigenvalue weighted by Gasteiger charge is 2.18. The molecule has 0 amide bonds. The molecule has 0 bridgehead atoms. The van der Waals surface area contributed by atoms with Crippen molar-refractivity contribution in [1.29, 1.82) is 0 Å². The number of esters is 1. The minimum atomic E-state index is -0.229. The summed E-state index contributed by atoms with van der Waals surface area (Å²) in [5.41, 5.74) is 1.84. The summed E-state index contributed by atoms with van der Waals surface area (Å²) in [4.78, 5) is 18.9. The molecule has 0 aliphatic carbocycles. The Hall–Kier alpha value is -2.12. The molecule has 3 rings (SSSR count). The molecule has 2 aromatic heterocycles. The number of hydrogen-bond acceptors (Lipinski definition) is 6. The Morgan fingerprint density at radius 3 is 2.75 bits per heavy atom. The van der Waals surface area contributed by atoms with E-state index in [1.54, 1.807) is 4.52 Å². The van der Waals surface area contributed by atoms with Gasteiger partial charge in [0.1, 0.15) is 0 Å². The predicted molar refractivity (Wildman–Crippen MR) is 95.8 cm³/mol. The van der Waals surface area contributed by atoms with Crippen LogP contribution in [0, 0.1) is 5.92 Å². The van der Waals surface area contributed by atoms with E-state index in [4.69, 9.17) is 16.3 Å². The Bertz CT molecular complexity index is 827. The number of aromatic nitrogens is 3. The van der Waals surface area contributed by atoms with E-state index < -0.39 is 0 Å². The highest BCUT2D eigenvalue weighted by molar-refractivity contribution is 7.20. The number of carbonyl (C=O) groups excluding carboxylic acids is 1. The maximum Gasteiger partial charge on any atom is 0.310 e. The summed E-state index contributed by atoms with van der Waals surface area (Å²) in [7, 11) is 3.30. The minimum Gasteiger partial charge on any atom is -0.469 e. The predicted octanol–water partition coefficient (Wildman–Crippen LogP) is 3.36. The molecule has 2 heterocycles. The average molecular weight is 365 g/mol. The molecule has 6 nitrogen and oxygen atoms in total. The molecule has 0 radical (unpaired) electrons. The van der Waals surface area contributed by atoms with Gasteiger partial charge in [0.05, 0.1) is 24.9 Å². The number of anilines is 1. The zero-order valence-corrected chi connectivity index (χ0v) is 15.1. The molecule has 24 heavy (non-hydrogen) atoms. The van der Waals surface area contributed by atoms with Gasteiger partial charge in [0.2, 0.25) is 10.1 Å². The molecule has 0 spiro atoms.